The lowest BCUT2D eigenvalue weighted by molar-refractivity contribution is 1.18. The highest BCUT2D eigenvalue weighted by Gasteiger charge is 2.16. The molecule has 0 aliphatic heterocycles. The molecule has 2 aromatic heterocycles. The first-order valence-electron chi connectivity index (χ1n) is 19.7. The molecule has 270 valence electrons. The third-order valence-electron chi connectivity index (χ3n) is 11.2. The van der Waals surface area contributed by atoms with E-state index in [0.717, 1.165) is 77.7 Å². The maximum absolute atomic E-state index is 5.22. The summed E-state index contributed by atoms with van der Waals surface area (Å²) in [4.78, 5) is 15.6. The van der Waals surface area contributed by atoms with Crippen LogP contribution in [-0.4, -0.2) is 15.0 Å². The summed E-state index contributed by atoms with van der Waals surface area (Å²) in [6, 6.07) is 75.2. The molecule has 0 aliphatic carbocycles. The van der Waals surface area contributed by atoms with Crippen LogP contribution in [0.25, 0.3) is 111 Å². The Labute approximate surface area is 336 Å². The number of hydrogen-bond donors (Lipinski definition) is 0. The van der Waals surface area contributed by atoms with Crippen molar-refractivity contribution in [1.82, 2.24) is 15.0 Å². The van der Waals surface area contributed by atoms with Gasteiger partial charge in [-0.25, -0.2) is 15.0 Å². The van der Waals surface area contributed by atoms with E-state index < -0.39 is 0 Å². The monoisotopic (exact) mass is 737 g/mol. The molecule has 0 saturated heterocycles. The van der Waals surface area contributed by atoms with Crippen LogP contribution in [0.1, 0.15) is 0 Å². The van der Waals surface area contributed by atoms with Crippen LogP contribution >= 0.6 is 0 Å². The van der Waals surface area contributed by atoms with Crippen LogP contribution < -0.4 is 0 Å². The van der Waals surface area contributed by atoms with E-state index in [1.54, 1.807) is 0 Å². The Morgan fingerprint density at radius 2 is 0.810 bits per heavy atom. The first-order valence-corrected chi connectivity index (χ1v) is 19.7. The summed E-state index contributed by atoms with van der Waals surface area (Å²) in [5.41, 5.74) is 12.6. The summed E-state index contributed by atoms with van der Waals surface area (Å²) in [5.74, 6) is 0.703. The van der Waals surface area contributed by atoms with Gasteiger partial charge in [-0.2, -0.15) is 0 Å². The van der Waals surface area contributed by atoms with E-state index >= 15 is 0 Å². The molecule has 0 aliphatic rings. The Balaban J connectivity index is 1.00. The van der Waals surface area contributed by atoms with Crippen LogP contribution in [0.4, 0.5) is 0 Å². The molecule has 58 heavy (non-hydrogen) atoms. The third-order valence-corrected chi connectivity index (χ3v) is 11.2. The molecule has 11 rings (SSSR count). The summed E-state index contributed by atoms with van der Waals surface area (Å²) in [6.45, 7) is 0. The zero-order valence-corrected chi connectivity index (χ0v) is 31.5. The van der Waals surface area contributed by atoms with Crippen molar-refractivity contribution in [2.24, 2.45) is 0 Å². The predicted octanol–water partition coefficient (Wildman–Crippen LogP) is 14.5. The molecule has 0 radical (unpaired) electrons. The summed E-state index contributed by atoms with van der Waals surface area (Å²) in [5, 5.41) is 8.26. The topological polar surface area (TPSA) is 38.7 Å². The third kappa shape index (κ3) is 6.07. The summed E-state index contributed by atoms with van der Waals surface area (Å²) >= 11 is 0. The molecule has 0 atom stereocenters. The van der Waals surface area contributed by atoms with E-state index in [1.807, 2.05) is 0 Å². The second-order valence-electron chi connectivity index (χ2n) is 14.8. The van der Waals surface area contributed by atoms with Gasteiger partial charge in [0.25, 0.3) is 0 Å². The molecule has 0 saturated carbocycles. The van der Waals surface area contributed by atoms with Crippen LogP contribution in [0, 0.1) is 0 Å². The van der Waals surface area contributed by atoms with E-state index in [9.17, 15) is 0 Å². The maximum Gasteiger partial charge on any atom is 0.160 e. The van der Waals surface area contributed by atoms with E-state index in [2.05, 4.69) is 212 Å². The zero-order chi connectivity index (χ0) is 38.4. The minimum Gasteiger partial charge on any atom is -0.247 e. The Kier molecular flexibility index (Phi) is 8.15. The van der Waals surface area contributed by atoms with Gasteiger partial charge in [-0.1, -0.05) is 182 Å². The fourth-order valence-corrected chi connectivity index (χ4v) is 8.31. The quantitative estimate of drug-likeness (QED) is 0.160. The Morgan fingerprint density at radius 3 is 1.57 bits per heavy atom. The normalized spacial score (nSPS) is 11.4. The van der Waals surface area contributed by atoms with Crippen molar-refractivity contribution in [3.8, 4) is 67.4 Å². The molecule has 9 aromatic carbocycles. The molecular formula is C55H35N3. The molecule has 0 N–H and O–H groups in total. The predicted molar refractivity (Wildman–Crippen MR) is 242 cm³/mol. The van der Waals surface area contributed by atoms with E-state index in [0.29, 0.717) is 5.82 Å². The van der Waals surface area contributed by atoms with Crippen molar-refractivity contribution in [2.45, 2.75) is 0 Å². The SMILES string of the molecule is c1ccc(-c2nc3ccccc3c3c(-c4ccc(-c5cccc(-c6cc(-c7ccc8ccccc8c7)nc(-c7ccc8ccccc8c7)n6)c5)cc4)cccc23)cc1. The van der Waals surface area contributed by atoms with Crippen LogP contribution in [0.15, 0.2) is 212 Å². The first kappa shape index (κ1) is 33.6. The van der Waals surface area contributed by atoms with Gasteiger partial charge in [0.2, 0.25) is 0 Å². The van der Waals surface area contributed by atoms with Gasteiger partial charge in [0.1, 0.15) is 0 Å². The van der Waals surface area contributed by atoms with Gasteiger partial charge in [-0.15, -0.1) is 0 Å². The van der Waals surface area contributed by atoms with E-state index in [4.69, 9.17) is 15.0 Å². The average Bonchev–Trinajstić information content (AvgIpc) is 3.31. The largest absolute Gasteiger partial charge is 0.247 e. The zero-order valence-electron chi connectivity index (χ0n) is 31.5. The summed E-state index contributed by atoms with van der Waals surface area (Å²) in [7, 11) is 0. The molecule has 11 aromatic rings. The molecule has 0 bridgehead atoms. The highest BCUT2D eigenvalue weighted by atomic mass is 14.9. The van der Waals surface area contributed by atoms with Crippen molar-refractivity contribution >= 4 is 43.2 Å². The van der Waals surface area contributed by atoms with Crippen molar-refractivity contribution < 1.29 is 0 Å². The molecule has 0 amide bonds. The van der Waals surface area contributed by atoms with Crippen molar-refractivity contribution in [2.75, 3.05) is 0 Å². The van der Waals surface area contributed by atoms with Gasteiger partial charge in [-0.05, 0) is 74.1 Å². The van der Waals surface area contributed by atoms with Crippen LogP contribution in [0.2, 0.25) is 0 Å². The molecule has 3 heteroatoms. The highest BCUT2D eigenvalue weighted by molar-refractivity contribution is 6.17. The molecular weight excluding hydrogens is 703 g/mol. The van der Waals surface area contributed by atoms with Gasteiger partial charge in [0, 0.05) is 38.4 Å². The lowest BCUT2D eigenvalue weighted by Gasteiger charge is -2.14. The minimum absolute atomic E-state index is 0.703. The smallest absolute Gasteiger partial charge is 0.160 e. The summed E-state index contributed by atoms with van der Waals surface area (Å²) < 4.78 is 0. The molecule has 0 spiro atoms. The maximum atomic E-state index is 5.22. The van der Waals surface area contributed by atoms with Crippen LogP contribution in [-0.2, 0) is 0 Å². The second-order valence-corrected chi connectivity index (χ2v) is 14.8. The van der Waals surface area contributed by atoms with Crippen LogP contribution in [0.5, 0.6) is 0 Å². The molecule has 2 heterocycles. The fourth-order valence-electron chi connectivity index (χ4n) is 8.31. The van der Waals surface area contributed by atoms with Crippen molar-refractivity contribution in [3.63, 3.8) is 0 Å². The fraction of sp³-hybridized carbons (Fsp3) is 0. The number of para-hydroxylation sites is 1. The Bertz CT molecular complexity index is 3240. The van der Waals surface area contributed by atoms with Crippen molar-refractivity contribution in [3.05, 3.63) is 212 Å². The number of pyridine rings is 1. The van der Waals surface area contributed by atoms with Gasteiger partial charge in [-0.3, -0.25) is 0 Å². The van der Waals surface area contributed by atoms with E-state index in [-0.39, 0.29) is 0 Å². The number of fused-ring (bicyclic) bond motifs is 5. The van der Waals surface area contributed by atoms with Crippen molar-refractivity contribution in [1.29, 1.82) is 0 Å². The minimum atomic E-state index is 0.703. The number of nitrogens with zero attached hydrogens (tertiary/aromatic N) is 3. The second kappa shape index (κ2) is 14.1. The number of aromatic nitrogens is 3. The van der Waals surface area contributed by atoms with Crippen LogP contribution in [0.3, 0.4) is 0 Å². The number of benzene rings is 9. The van der Waals surface area contributed by atoms with Gasteiger partial charge >= 0.3 is 0 Å². The molecule has 0 unspecified atom stereocenters. The highest BCUT2D eigenvalue weighted by Crippen LogP contribution is 2.39. The first-order chi connectivity index (χ1) is 28.7. The van der Waals surface area contributed by atoms with Gasteiger partial charge in [0.15, 0.2) is 5.82 Å². The summed E-state index contributed by atoms with van der Waals surface area (Å²) in [6.07, 6.45) is 0. The van der Waals surface area contributed by atoms with Gasteiger partial charge in [0.05, 0.1) is 22.6 Å². The number of hydrogen-bond acceptors (Lipinski definition) is 3. The standard InChI is InChI=1S/C55H35N3/c1-2-14-40(15-3-1)54-49-22-11-21-47(53(49)48-20-8-9-23-50(48)56-54)39-28-24-38(25-29-39)43-18-10-19-44(32-43)51-35-52(45-30-26-36-12-4-6-16-41(36)33-45)58-55(57-51)46-31-27-37-13-5-7-17-42(37)34-46/h1-35H. The Hall–Kier alpha value is -7.75. The average molecular weight is 738 g/mol. The number of rotatable bonds is 6. The Morgan fingerprint density at radius 1 is 0.276 bits per heavy atom. The van der Waals surface area contributed by atoms with Gasteiger partial charge < -0.3 is 0 Å². The molecule has 3 nitrogen and oxygen atoms in total. The molecule has 0 fully saturated rings. The lowest BCUT2D eigenvalue weighted by Crippen LogP contribution is -1.96. The lowest BCUT2D eigenvalue weighted by atomic mass is 9.92. The van der Waals surface area contributed by atoms with E-state index in [1.165, 1.54) is 27.1 Å².